The summed E-state index contributed by atoms with van der Waals surface area (Å²) in [5.41, 5.74) is 0. The molecule has 1 heterocycles. The van der Waals surface area contributed by atoms with Gasteiger partial charge in [-0.05, 0) is 19.3 Å². The summed E-state index contributed by atoms with van der Waals surface area (Å²) in [6.45, 7) is 2.71. The molecule has 2 N–H and O–H groups in total. The zero-order chi connectivity index (χ0) is 12.8. The lowest BCUT2D eigenvalue weighted by molar-refractivity contribution is 0.116. The first kappa shape index (κ1) is 13.1. The van der Waals surface area contributed by atoms with Gasteiger partial charge < -0.3 is 15.2 Å². The first-order valence-corrected chi connectivity index (χ1v) is 6.70. The maximum absolute atomic E-state index is 9.89. The van der Waals surface area contributed by atoms with Crippen LogP contribution in [-0.2, 0) is 0 Å². The summed E-state index contributed by atoms with van der Waals surface area (Å²) in [4.78, 5) is 8.45. The molecule has 0 spiro atoms. The maximum atomic E-state index is 9.89. The fourth-order valence-electron chi connectivity index (χ4n) is 2.14. The molecule has 5 heteroatoms. The van der Waals surface area contributed by atoms with Crippen LogP contribution in [0, 0.1) is 0 Å². The summed E-state index contributed by atoms with van der Waals surface area (Å²) in [6.07, 6.45) is 6.38. The predicted molar refractivity (Wildman–Crippen MR) is 69.7 cm³/mol. The van der Waals surface area contributed by atoms with E-state index in [0.29, 0.717) is 18.4 Å². The lowest BCUT2D eigenvalue weighted by Crippen LogP contribution is -2.36. The fourth-order valence-corrected chi connectivity index (χ4v) is 2.14. The van der Waals surface area contributed by atoms with Gasteiger partial charge in [-0.2, -0.15) is 4.98 Å². The molecule has 2 unspecified atom stereocenters. The maximum Gasteiger partial charge on any atom is 0.226 e. The normalized spacial score (nSPS) is 23.7. The van der Waals surface area contributed by atoms with Gasteiger partial charge in [0, 0.05) is 12.3 Å². The Morgan fingerprint density at radius 1 is 1.44 bits per heavy atom. The molecule has 0 aliphatic heterocycles. The van der Waals surface area contributed by atoms with Crippen molar-refractivity contribution in [1.29, 1.82) is 0 Å². The monoisotopic (exact) mass is 251 g/mol. The number of hydrogen-bond donors (Lipinski definition) is 2. The summed E-state index contributed by atoms with van der Waals surface area (Å²) < 4.78 is 5.46. The standard InChI is InChI=1S/C13H21N3O2/c1-2-9-18-12-7-8-14-13(16-12)15-10-5-3-4-6-11(10)17/h7-8,10-11,17H,2-6,9H2,1H3,(H,14,15,16). The second-order valence-corrected chi connectivity index (χ2v) is 4.67. The van der Waals surface area contributed by atoms with Crippen LogP contribution in [0.2, 0.25) is 0 Å². The van der Waals surface area contributed by atoms with Gasteiger partial charge in [-0.1, -0.05) is 19.8 Å². The number of aromatic nitrogens is 2. The van der Waals surface area contributed by atoms with Crippen molar-refractivity contribution >= 4 is 5.95 Å². The van der Waals surface area contributed by atoms with Gasteiger partial charge in [0.05, 0.1) is 18.8 Å². The quantitative estimate of drug-likeness (QED) is 0.837. The summed E-state index contributed by atoms with van der Waals surface area (Å²) >= 11 is 0. The van der Waals surface area contributed by atoms with Crippen LogP contribution in [0.5, 0.6) is 5.88 Å². The van der Waals surface area contributed by atoms with Gasteiger partial charge in [-0.15, -0.1) is 0 Å². The lowest BCUT2D eigenvalue weighted by atomic mass is 9.93. The van der Waals surface area contributed by atoms with E-state index in [0.717, 1.165) is 32.1 Å². The van der Waals surface area contributed by atoms with Gasteiger partial charge in [0.2, 0.25) is 11.8 Å². The molecule has 2 atom stereocenters. The van der Waals surface area contributed by atoms with E-state index in [1.54, 1.807) is 12.3 Å². The first-order valence-electron chi connectivity index (χ1n) is 6.70. The number of ether oxygens (including phenoxy) is 1. The zero-order valence-electron chi connectivity index (χ0n) is 10.8. The van der Waals surface area contributed by atoms with Crippen LogP contribution in [0.25, 0.3) is 0 Å². The molecule has 0 aromatic carbocycles. The third-order valence-electron chi connectivity index (χ3n) is 3.13. The molecule has 5 nitrogen and oxygen atoms in total. The molecular weight excluding hydrogens is 230 g/mol. The van der Waals surface area contributed by atoms with Gasteiger partial charge in [0.15, 0.2) is 0 Å². The summed E-state index contributed by atoms with van der Waals surface area (Å²) in [6, 6.07) is 1.80. The SMILES string of the molecule is CCCOc1ccnc(NC2CCCCC2O)n1. The zero-order valence-corrected chi connectivity index (χ0v) is 10.8. The van der Waals surface area contributed by atoms with Crippen LogP contribution in [0.4, 0.5) is 5.95 Å². The number of nitrogens with one attached hydrogen (secondary N) is 1. The second kappa shape index (κ2) is 6.54. The average molecular weight is 251 g/mol. The van der Waals surface area contributed by atoms with Crippen LogP contribution < -0.4 is 10.1 Å². The van der Waals surface area contributed by atoms with Crippen molar-refractivity contribution in [2.24, 2.45) is 0 Å². The Kier molecular flexibility index (Phi) is 4.75. The van der Waals surface area contributed by atoms with Crippen molar-refractivity contribution < 1.29 is 9.84 Å². The van der Waals surface area contributed by atoms with E-state index in [1.807, 2.05) is 0 Å². The van der Waals surface area contributed by atoms with Crippen molar-refractivity contribution in [3.05, 3.63) is 12.3 Å². The topological polar surface area (TPSA) is 67.3 Å². The highest BCUT2D eigenvalue weighted by molar-refractivity contribution is 5.29. The molecule has 0 saturated heterocycles. The molecule has 1 saturated carbocycles. The molecule has 0 amide bonds. The second-order valence-electron chi connectivity index (χ2n) is 4.67. The minimum absolute atomic E-state index is 0.0557. The predicted octanol–water partition coefficient (Wildman–Crippen LogP) is 1.98. The van der Waals surface area contributed by atoms with Gasteiger partial charge in [-0.25, -0.2) is 4.98 Å². The lowest BCUT2D eigenvalue weighted by Gasteiger charge is -2.28. The van der Waals surface area contributed by atoms with Crippen LogP contribution in [0.1, 0.15) is 39.0 Å². The van der Waals surface area contributed by atoms with Crippen molar-refractivity contribution in [1.82, 2.24) is 9.97 Å². The first-order chi connectivity index (χ1) is 8.79. The van der Waals surface area contributed by atoms with E-state index in [9.17, 15) is 5.11 Å². The van der Waals surface area contributed by atoms with Gasteiger partial charge >= 0.3 is 0 Å². The summed E-state index contributed by atoms with van der Waals surface area (Å²) in [5.74, 6) is 1.12. The molecule has 1 aromatic heterocycles. The Bertz CT molecular complexity index is 373. The number of anilines is 1. The third-order valence-corrected chi connectivity index (χ3v) is 3.13. The highest BCUT2D eigenvalue weighted by Crippen LogP contribution is 2.21. The van der Waals surface area contributed by atoms with E-state index in [-0.39, 0.29) is 12.1 Å². The number of hydrogen-bond acceptors (Lipinski definition) is 5. The molecule has 1 aliphatic carbocycles. The average Bonchev–Trinajstić information content (AvgIpc) is 2.40. The molecule has 18 heavy (non-hydrogen) atoms. The molecule has 100 valence electrons. The van der Waals surface area contributed by atoms with E-state index in [1.165, 1.54) is 0 Å². The molecule has 1 aliphatic rings. The number of aliphatic hydroxyl groups excluding tert-OH is 1. The van der Waals surface area contributed by atoms with Crippen LogP contribution in [0.3, 0.4) is 0 Å². The molecular formula is C13H21N3O2. The molecule has 1 fully saturated rings. The number of nitrogens with zero attached hydrogens (tertiary/aromatic N) is 2. The van der Waals surface area contributed by atoms with Gasteiger partial charge in [-0.3, -0.25) is 0 Å². The van der Waals surface area contributed by atoms with Crippen LogP contribution >= 0.6 is 0 Å². The minimum Gasteiger partial charge on any atom is -0.478 e. The third kappa shape index (κ3) is 3.57. The van der Waals surface area contributed by atoms with E-state index in [4.69, 9.17) is 4.74 Å². The smallest absolute Gasteiger partial charge is 0.226 e. The van der Waals surface area contributed by atoms with Gasteiger partial charge in [0.1, 0.15) is 0 Å². The Hall–Kier alpha value is -1.36. The van der Waals surface area contributed by atoms with Crippen molar-refractivity contribution in [2.75, 3.05) is 11.9 Å². The Morgan fingerprint density at radius 2 is 2.28 bits per heavy atom. The van der Waals surface area contributed by atoms with E-state index >= 15 is 0 Å². The number of rotatable bonds is 5. The number of aliphatic hydroxyl groups is 1. The van der Waals surface area contributed by atoms with E-state index < -0.39 is 0 Å². The fraction of sp³-hybridized carbons (Fsp3) is 0.692. The van der Waals surface area contributed by atoms with Gasteiger partial charge in [0.25, 0.3) is 0 Å². The molecule has 2 rings (SSSR count). The van der Waals surface area contributed by atoms with E-state index in [2.05, 4.69) is 22.2 Å². The van der Waals surface area contributed by atoms with Crippen LogP contribution in [-0.4, -0.2) is 33.8 Å². The Balaban J connectivity index is 1.95. The Labute approximate surface area is 108 Å². The van der Waals surface area contributed by atoms with Crippen LogP contribution in [0.15, 0.2) is 12.3 Å². The Morgan fingerprint density at radius 3 is 3.06 bits per heavy atom. The molecule has 1 aromatic rings. The minimum atomic E-state index is -0.303. The van der Waals surface area contributed by atoms with Crippen molar-refractivity contribution in [2.45, 2.75) is 51.2 Å². The molecule has 0 radical (unpaired) electrons. The highest BCUT2D eigenvalue weighted by atomic mass is 16.5. The summed E-state index contributed by atoms with van der Waals surface area (Å²) in [7, 11) is 0. The van der Waals surface area contributed by atoms with Crippen molar-refractivity contribution in [3.63, 3.8) is 0 Å². The molecule has 0 bridgehead atoms. The largest absolute Gasteiger partial charge is 0.478 e. The highest BCUT2D eigenvalue weighted by Gasteiger charge is 2.23. The summed E-state index contributed by atoms with van der Waals surface area (Å²) in [5, 5.41) is 13.1. The van der Waals surface area contributed by atoms with Crippen molar-refractivity contribution in [3.8, 4) is 5.88 Å².